The van der Waals surface area contributed by atoms with Crippen LogP contribution in [0.5, 0.6) is 0 Å². The molecule has 7 nitrogen and oxygen atoms in total. The lowest BCUT2D eigenvalue weighted by atomic mass is 10.1. The number of fused-ring (bicyclic) bond motifs is 1. The van der Waals surface area contributed by atoms with Crippen molar-refractivity contribution in [3.8, 4) is 0 Å². The molecule has 0 radical (unpaired) electrons. The lowest BCUT2D eigenvalue weighted by Gasteiger charge is -2.46. The molecule has 126 valence electrons. The van der Waals surface area contributed by atoms with Gasteiger partial charge in [-0.1, -0.05) is 6.92 Å². The maximum atomic E-state index is 12.4. The van der Waals surface area contributed by atoms with Crippen LogP contribution in [0, 0.1) is 6.92 Å². The average molecular weight is 318 g/mol. The first kappa shape index (κ1) is 15.1. The van der Waals surface area contributed by atoms with Gasteiger partial charge >= 0.3 is 0 Å². The summed E-state index contributed by atoms with van der Waals surface area (Å²) in [4.78, 5) is 19.2. The second-order valence-corrected chi connectivity index (χ2v) is 7.03. The lowest BCUT2D eigenvalue weighted by Crippen LogP contribution is -2.63. The molecule has 3 aliphatic rings. The Morgan fingerprint density at radius 1 is 1.26 bits per heavy atom. The van der Waals surface area contributed by atoms with Gasteiger partial charge in [-0.15, -0.1) is 10.2 Å². The molecule has 1 aliphatic carbocycles. The summed E-state index contributed by atoms with van der Waals surface area (Å²) < 4.78 is 2.20. The van der Waals surface area contributed by atoms with Crippen LogP contribution in [0.25, 0.3) is 0 Å². The number of likely N-dealkylation sites (tertiary alicyclic amines) is 1. The summed E-state index contributed by atoms with van der Waals surface area (Å²) in [6.07, 6.45) is 2.52. The molecule has 2 aliphatic heterocycles. The third kappa shape index (κ3) is 2.87. The summed E-state index contributed by atoms with van der Waals surface area (Å²) in [6.45, 7) is 10.3. The van der Waals surface area contributed by atoms with Crippen LogP contribution in [0.4, 0.5) is 0 Å². The third-order valence-electron chi connectivity index (χ3n) is 5.51. The predicted octanol–water partition coefficient (Wildman–Crippen LogP) is 0.0972. The third-order valence-corrected chi connectivity index (χ3v) is 5.51. The molecule has 1 saturated heterocycles. The molecular formula is C16H26N6O. The first-order valence-electron chi connectivity index (χ1n) is 8.80. The molecule has 0 unspecified atom stereocenters. The Morgan fingerprint density at radius 3 is 2.74 bits per heavy atom. The molecule has 3 heterocycles. The van der Waals surface area contributed by atoms with E-state index in [2.05, 4.69) is 31.5 Å². The monoisotopic (exact) mass is 318 g/mol. The van der Waals surface area contributed by atoms with Crippen LogP contribution >= 0.6 is 0 Å². The van der Waals surface area contributed by atoms with E-state index in [1.807, 2.05) is 11.8 Å². The fourth-order valence-electron chi connectivity index (χ4n) is 3.74. The number of aromatic nitrogens is 3. The van der Waals surface area contributed by atoms with Gasteiger partial charge in [0.05, 0.1) is 13.1 Å². The first-order valence-corrected chi connectivity index (χ1v) is 8.80. The summed E-state index contributed by atoms with van der Waals surface area (Å²) in [7, 11) is 0. The molecule has 1 aromatic rings. The van der Waals surface area contributed by atoms with Crippen LogP contribution in [0.2, 0.25) is 0 Å². The second-order valence-electron chi connectivity index (χ2n) is 7.03. The molecule has 23 heavy (non-hydrogen) atoms. The normalized spacial score (nSPS) is 22.3. The minimum absolute atomic E-state index is 0.297. The minimum Gasteiger partial charge on any atom is -0.338 e. The van der Waals surface area contributed by atoms with E-state index >= 15 is 0 Å². The van der Waals surface area contributed by atoms with Crippen LogP contribution in [-0.2, 0) is 17.9 Å². The van der Waals surface area contributed by atoms with Gasteiger partial charge in [0.1, 0.15) is 11.6 Å². The van der Waals surface area contributed by atoms with Crippen molar-refractivity contribution < 1.29 is 4.79 Å². The Labute approximate surface area is 137 Å². The highest BCUT2D eigenvalue weighted by atomic mass is 16.2. The molecule has 0 spiro atoms. The first-order chi connectivity index (χ1) is 11.2. The van der Waals surface area contributed by atoms with Gasteiger partial charge in [0.25, 0.3) is 0 Å². The Morgan fingerprint density at radius 2 is 2.04 bits per heavy atom. The highest BCUT2D eigenvalue weighted by molar-refractivity contribution is 5.79. The van der Waals surface area contributed by atoms with Gasteiger partial charge in [-0.25, -0.2) is 0 Å². The molecule has 0 aromatic carbocycles. The molecule has 4 rings (SSSR count). The quantitative estimate of drug-likeness (QED) is 0.770. The SMILES string of the molecule is CCN(CC(=O)N1CC(N2CCn3c(C)nnc3C2)C1)C1CC1. The van der Waals surface area contributed by atoms with Crippen molar-refractivity contribution in [2.24, 2.45) is 0 Å². The average Bonchev–Trinajstić information content (AvgIpc) is 3.28. The molecule has 0 N–H and O–H groups in total. The standard InChI is InChI=1S/C16H26N6O/c1-3-19(13-4-5-13)11-16(23)21-8-14(9-21)20-6-7-22-12(2)17-18-15(22)10-20/h13-14H,3-11H2,1-2H3. The number of aryl methyl sites for hydroxylation is 1. The zero-order valence-electron chi connectivity index (χ0n) is 14.1. The van der Waals surface area contributed by atoms with Gasteiger partial charge in [-0.2, -0.15) is 0 Å². The van der Waals surface area contributed by atoms with Gasteiger partial charge in [-0.3, -0.25) is 14.6 Å². The van der Waals surface area contributed by atoms with Crippen molar-refractivity contribution in [2.75, 3.05) is 32.7 Å². The van der Waals surface area contributed by atoms with E-state index in [0.717, 1.165) is 50.9 Å². The van der Waals surface area contributed by atoms with Crippen LogP contribution in [0.1, 0.15) is 31.4 Å². The number of hydrogen-bond donors (Lipinski definition) is 0. The Bertz CT molecular complexity index is 589. The van der Waals surface area contributed by atoms with E-state index in [1.54, 1.807) is 0 Å². The second kappa shape index (κ2) is 5.87. The molecule has 0 bridgehead atoms. The van der Waals surface area contributed by atoms with E-state index in [9.17, 15) is 4.79 Å². The van der Waals surface area contributed by atoms with Gasteiger partial charge in [-0.05, 0) is 26.3 Å². The number of carbonyl (C=O) groups excluding carboxylic acids is 1. The number of rotatable bonds is 5. The fourth-order valence-corrected chi connectivity index (χ4v) is 3.74. The van der Waals surface area contributed by atoms with Crippen molar-refractivity contribution in [3.63, 3.8) is 0 Å². The zero-order valence-corrected chi connectivity index (χ0v) is 14.1. The van der Waals surface area contributed by atoms with Gasteiger partial charge < -0.3 is 9.47 Å². The topological polar surface area (TPSA) is 57.5 Å². The van der Waals surface area contributed by atoms with Crippen LogP contribution in [0.3, 0.4) is 0 Å². The van der Waals surface area contributed by atoms with Crippen LogP contribution in [0.15, 0.2) is 0 Å². The van der Waals surface area contributed by atoms with Gasteiger partial charge in [0, 0.05) is 38.3 Å². The van der Waals surface area contributed by atoms with Crippen LogP contribution < -0.4 is 0 Å². The van der Waals surface area contributed by atoms with Gasteiger partial charge in [0.2, 0.25) is 5.91 Å². The Balaban J connectivity index is 1.27. The molecule has 0 atom stereocenters. The van der Waals surface area contributed by atoms with E-state index in [4.69, 9.17) is 0 Å². The molecule has 2 fully saturated rings. The highest BCUT2D eigenvalue weighted by Crippen LogP contribution is 2.27. The number of carbonyl (C=O) groups is 1. The van der Waals surface area contributed by atoms with Crippen molar-refractivity contribution >= 4 is 5.91 Å². The lowest BCUT2D eigenvalue weighted by molar-refractivity contribution is -0.140. The van der Waals surface area contributed by atoms with Crippen molar-refractivity contribution in [1.29, 1.82) is 0 Å². The number of nitrogens with zero attached hydrogens (tertiary/aromatic N) is 6. The van der Waals surface area contributed by atoms with E-state index in [-0.39, 0.29) is 0 Å². The summed E-state index contributed by atoms with van der Waals surface area (Å²) in [5.74, 6) is 2.36. The largest absolute Gasteiger partial charge is 0.338 e. The van der Waals surface area contributed by atoms with E-state index < -0.39 is 0 Å². The smallest absolute Gasteiger partial charge is 0.236 e. The van der Waals surface area contributed by atoms with Crippen molar-refractivity contribution in [2.45, 2.75) is 51.9 Å². The Kier molecular flexibility index (Phi) is 3.85. The maximum Gasteiger partial charge on any atom is 0.236 e. The summed E-state index contributed by atoms with van der Waals surface area (Å²) in [5, 5.41) is 8.42. The summed E-state index contributed by atoms with van der Waals surface area (Å²) >= 11 is 0. The molecule has 1 aromatic heterocycles. The van der Waals surface area contributed by atoms with E-state index in [1.165, 1.54) is 12.8 Å². The maximum absolute atomic E-state index is 12.4. The highest BCUT2D eigenvalue weighted by Gasteiger charge is 2.38. The summed E-state index contributed by atoms with van der Waals surface area (Å²) in [5.41, 5.74) is 0. The number of hydrogen-bond acceptors (Lipinski definition) is 5. The molecular weight excluding hydrogens is 292 g/mol. The molecule has 1 amide bonds. The number of amides is 1. The summed E-state index contributed by atoms with van der Waals surface area (Å²) in [6, 6.07) is 1.15. The van der Waals surface area contributed by atoms with Crippen molar-refractivity contribution in [3.05, 3.63) is 11.6 Å². The Hall–Kier alpha value is -1.47. The van der Waals surface area contributed by atoms with Crippen molar-refractivity contribution in [1.82, 2.24) is 29.5 Å². The van der Waals surface area contributed by atoms with Gasteiger partial charge in [0.15, 0.2) is 0 Å². The fraction of sp³-hybridized carbons (Fsp3) is 0.812. The predicted molar refractivity (Wildman–Crippen MR) is 85.8 cm³/mol. The zero-order chi connectivity index (χ0) is 16.0. The molecule has 1 saturated carbocycles. The van der Waals surface area contributed by atoms with Crippen LogP contribution in [-0.4, -0.2) is 80.2 Å². The van der Waals surface area contributed by atoms with E-state index in [0.29, 0.717) is 24.5 Å². The minimum atomic E-state index is 0.297. The number of likely N-dealkylation sites (N-methyl/N-ethyl adjacent to an activating group) is 1. The molecule has 7 heteroatoms.